The average molecular weight is 252 g/mol. The minimum absolute atomic E-state index is 0.0930. The molecular weight excluding hydrogens is 239 g/mol. The summed E-state index contributed by atoms with van der Waals surface area (Å²) in [4.78, 5) is 3.76. The number of aromatic nitrogens is 1. The maximum absolute atomic E-state index is 12.3. The van der Waals surface area contributed by atoms with Gasteiger partial charge in [-0.1, -0.05) is 25.4 Å². The average Bonchev–Trinajstić information content (AvgIpc) is 2.14. The van der Waals surface area contributed by atoms with Gasteiger partial charge in [0.05, 0.1) is 16.3 Å². The summed E-state index contributed by atoms with van der Waals surface area (Å²) in [5.41, 5.74) is -0.269. The van der Waals surface area contributed by atoms with Crippen LogP contribution >= 0.6 is 11.6 Å². The van der Waals surface area contributed by atoms with E-state index in [-0.39, 0.29) is 5.02 Å². The summed E-state index contributed by atoms with van der Waals surface area (Å²) < 4.78 is 36.9. The van der Waals surface area contributed by atoms with Crippen LogP contribution < -0.4 is 0 Å². The predicted octanol–water partition coefficient (Wildman–Crippen LogP) is 4.34. The molecule has 0 saturated heterocycles. The van der Waals surface area contributed by atoms with Crippen molar-refractivity contribution in [3.63, 3.8) is 0 Å². The Hall–Kier alpha value is -0.770. The number of hydrogen-bond acceptors (Lipinski definition) is 1. The maximum Gasteiger partial charge on any atom is 0.417 e. The third kappa shape index (κ3) is 3.67. The van der Waals surface area contributed by atoms with Crippen LogP contribution in [0.4, 0.5) is 13.2 Å². The summed E-state index contributed by atoms with van der Waals surface area (Å²) in [6.45, 7) is 4.08. The fraction of sp³-hybridized carbons (Fsp3) is 0.545. The summed E-state index contributed by atoms with van der Waals surface area (Å²) in [7, 11) is 0. The molecule has 0 unspecified atom stereocenters. The van der Waals surface area contributed by atoms with Gasteiger partial charge in [0.25, 0.3) is 0 Å². The Morgan fingerprint density at radius 1 is 1.38 bits per heavy atom. The highest BCUT2D eigenvalue weighted by atomic mass is 35.5. The van der Waals surface area contributed by atoms with Crippen LogP contribution in [0.1, 0.15) is 31.5 Å². The summed E-state index contributed by atoms with van der Waals surface area (Å²) >= 11 is 5.76. The molecule has 0 aliphatic heterocycles. The smallest absolute Gasteiger partial charge is 0.259 e. The quantitative estimate of drug-likeness (QED) is 0.779. The van der Waals surface area contributed by atoms with Gasteiger partial charge in [0, 0.05) is 6.20 Å². The molecule has 0 saturated carbocycles. The van der Waals surface area contributed by atoms with Gasteiger partial charge in [0.15, 0.2) is 0 Å². The van der Waals surface area contributed by atoms with Crippen LogP contribution in [0, 0.1) is 5.92 Å². The molecule has 0 fully saturated rings. The lowest BCUT2D eigenvalue weighted by atomic mass is 10.1. The van der Waals surface area contributed by atoms with Crippen molar-refractivity contribution in [2.75, 3.05) is 0 Å². The molecule has 0 aliphatic carbocycles. The van der Waals surface area contributed by atoms with Gasteiger partial charge in [-0.25, -0.2) is 0 Å². The van der Waals surface area contributed by atoms with Crippen molar-refractivity contribution in [1.82, 2.24) is 4.98 Å². The van der Waals surface area contributed by atoms with Crippen LogP contribution in [-0.2, 0) is 12.6 Å². The molecule has 0 radical (unpaired) electrons. The lowest BCUT2D eigenvalue weighted by Crippen LogP contribution is -2.07. The standard InChI is InChI=1S/C11H13ClF3N/c1-7(2)3-4-10-9(12)5-8(6-16-10)11(13,14)15/h5-7H,3-4H2,1-2H3. The number of hydrogen-bond donors (Lipinski definition) is 0. The highest BCUT2D eigenvalue weighted by molar-refractivity contribution is 6.31. The highest BCUT2D eigenvalue weighted by Gasteiger charge is 2.31. The maximum atomic E-state index is 12.3. The van der Waals surface area contributed by atoms with E-state index in [1.165, 1.54) is 0 Å². The van der Waals surface area contributed by atoms with Crippen molar-refractivity contribution in [3.8, 4) is 0 Å². The summed E-state index contributed by atoms with van der Waals surface area (Å²) in [5, 5.41) is 0.0930. The minimum Gasteiger partial charge on any atom is -0.259 e. The number of rotatable bonds is 3. The van der Waals surface area contributed by atoms with Gasteiger partial charge in [-0.3, -0.25) is 4.98 Å². The van der Waals surface area contributed by atoms with E-state index in [1.54, 1.807) is 0 Å². The van der Waals surface area contributed by atoms with Gasteiger partial charge in [-0.2, -0.15) is 13.2 Å². The molecule has 1 aromatic rings. The molecule has 1 rings (SSSR count). The molecule has 0 bridgehead atoms. The Kier molecular flexibility index (Phi) is 4.19. The largest absolute Gasteiger partial charge is 0.417 e. The van der Waals surface area contributed by atoms with Gasteiger partial charge in [-0.15, -0.1) is 0 Å². The number of pyridine rings is 1. The van der Waals surface area contributed by atoms with Crippen molar-refractivity contribution < 1.29 is 13.2 Å². The Balaban J connectivity index is 2.84. The van der Waals surface area contributed by atoms with E-state index in [2.05, 4.69) is 4.98 Å². The van der Waals surface area contributed by atoms with Crippen molar-refractivity contribution >= 4 is 11.6 Å². The lowest BCUT2D eigenvalue weighted by molar-refractivity contribution is -0.137. The predicted molar refractivity (Wildman–Crippen MR) is 57.4 cm³/mol. The van der Waals surface area contributed by atoms with E-state index in [4.69, 9.17) is 11.6 Å². The van der Waals surface area contributed by atoms with Crippen LogP contribution in [0.15, 0.2) is 12.3 Å². The van der Waals surface area contributed by atoms with E-state index in [1.807, 2.05) is 13.8 Å². The Morgan fingerprint density at radius 2 is 2.00 bits per heavy atom. The molecule has 0 atom stereocenters. The molecule has 0 aliphatic rings. The zero-order valence-electron chi connectivity index (χ0n) is 9.11. The van der Waals surface area contributed by atoms with Crippen LogP contribution in [0.5, 0.6) is 0 Å². The monoisotopic (exact) mass is 251 g/mol. The van der Waals surface area contributed by atoms with Crippen LogP contribution in [0.25, 0.3) is 0 Å². The Labute approximate surface area is 97.6 Å². The van der Waals surface area contributed by atoms with Crippen LogP contribution in [0.3, 0.4) is 0 Å². The van der Waals surface area contributed by atoms with Gasteiger partial charge in [0.2, 0.25) is 0 Å². The highest BCUT2D eigenvalue weighted by Crippen LogP contribution is 2.31. The Morgan fingerprint density at radius 3 is 2.44 bits per heavy atom. The van der Waals surface area contributed by atoms with Crippen LogP contribution in [0.2, 0.25) is 5.02 Å². The first-order chi connectivity index (χ1) is 7.30. The number of nitrogens with zero attached hydrogens (tertiary/aromatic N) is 1. The zero-order chi connectivity index (χ0) is 12.3. The topological polar surface area (TPSA) is 12.9 Å². The van der Waals surface area contributed by atoms with Crippen molar-refractivity contribution in [1.29, 1.82) is 0 Å². The number of aryl methyl sites for hydroxylation is 1. The van der Waals surface area contributed by atoms with E-state index in [0.29, 0.717) is 18.0 Å². The third-order valence-electron chi connectivity index (χ3n) is 2.20. The van der Waals surface area contributed by atoms with E-state index >= 15 is 0 Å². The second-order valence-electron chi connectivity index (χ2n) is 4.08. The second-order valence-corrected chi connectivity index (χ2v) is 4.49. The molecule has 90 valence electrons. The zero-order valence-corrected chi connectivity index (χ0v) is 9.86. The molecule has 0 aromatic carbocycles. The minimum atomic E-state index is -4.38. The van der Waals surface area contributed by atoms with Gasteiger partial charge in [0.1, 0.15) is 0 Å². The summed E-state index contributed by atoms with van der Waals surface area (Å²) in [6.07, 6.45) is -2.08. The van der Waals surface area contributed by atoms with Crippen molar-refractivity contribution in [3.05, 3.63) is 28.5 Å². The van der Waals surface area contributed by atoms with Gasteiger partial charge >= 0.3 is 6.18 Å². The van der Waals surface area contributed by atoms with Gasteiger partial charge in [-0.05, 0) is 24.8 Å². The first-order valence-electron chi connectivity index (χ1n) is 5.02. The van der Waals surface area contributed by atoms with Crippen molar-refractivity contribution in [2.45, 2.75) is 32.9 Å². The van der Waals surface area contributed by atoms with Crippen LogP contribution in [-0.4, -0.2) is 4.98 Å². The molecule has 1 nitrogen and oxygen atoms in total. The van der Waals surface area contributed by atoms with E-state index in [0.717, 1.165) is 18.7 Å². The first-order valence-corrected chi connectivity index (χ1v) is 5.40. The fourth-order valence-corrected chi connectivity index (χ4v) is 1.49. The third-order valence-corrected chi connectivity index (χ3v) is 2.53. The molecule has 5 heteroatoms. The number of halogens is 4. The molecular formula is C11H13ClF3N. The molecule has 0 spiro atoms. The molecule has 1 heterocycles. The second kappa shape index (κ2) is 5.04. The molecule has 0 N–H and O–H groups in total. The summed E-state index contributed by atoms with van der Waals surface area (Å²) in [6, 6.07) is 0.935. The molecule has 1 aromatic heterocycles. The SMILES string of the molecule is CC(C)CCc1ncc(C(F)(F)F)cc1Cl. The first kappa shape index (κ1) is 13.3. The Bertz CT molecular complexity index is 361. The van der Waals surface area contributed by atoms with E-state index in [9.17, 15) is 13.2 Å². The fourth-order valence-electron chi connectivity index (χ4n) is 1.23. The molecule has 0 amide bonds. The summed E-state index contributed by atoms with van der Waals surface area (Å²) in [5.74, 6) is 0.472. The normalized spacial score (nSPS) is 12.2. The molecule has 16 heavy (non-hydrogen) atoms. The van der Waals surface area contributed by atoms with Gasteiger partial charge < -0.3 is 0 Å². The van der Waals surface area contributed by atoms with E-state index < -0.39 is 11.7 Å². The lowest BCUT2D eigenvalue weighted by Gasteiger charge is -2.09. The van der Waals surface area contributed by atoms with Crippen molar-refractivity contribution in [2.24, 2.45) is 5.92 Å². The number of alkyl halides is 3.